The standard InChI is InChI=1S/C16H30N4S.HI/c1-6-8-9-14(7-2)10-18-16(17-4)20(5)11-15-12-21-13(3)19-15;/h12,14H,6-11H2,1-5H3,(H,17,18);1H. The number of aryl methyl sites for hydroxylation is 1. The van der Waals surface area contributed by atoms with Crippen LogP contribution >= 0.6 is 35.3 Å². The Kier molecular flexibility index (Phi) is 11.9. The van der Waals surface area contributed by atoms with Gasteiger partial charge in [-0.1, -0.05) is 33.1 Å². The van der Waals surface area contributed by atoms with E-state index >= 15 is 0 Å². The van der Waals surface area contributed by atoms with Crippen LogP contribution in [-0.4, -0.2) is 36.5 Å². The van der Waals surface area contributed by atoms with Crippen LogP contribution in [0.2, 0.25) is 0 Å². The Labute approximate surface area is 156 Å². The number of hydrogen-bond donors (Lipinski definition) is 1. The molecule has 6 heteroatoms. The first-order chi connectivity index (χ1) is 10.1. The molecule has 1 aromatic rings. The van der Waals surface area contributed by atoms with Crippen LogP contribution < -0.4 is 5.32 Å². The Bertz CT molecular complexity index is 434. The smallest absolute Gasteiger partial charge is 0.193 e. The van der Waals surface area contributed by atoms with Gasteiger partial charge in [-0.3, -0.25) is 4.99 Å². The molecule has 0 amide bonds. The maximum absolute atomic E-state index is 4.51. The first-order valence-corrected chi connectivity index (χ1v) is 8.81. The highest BCUT2D eigenvalue weighted by molar-refractivity contribution is 14.0. The molecule has 0 spiro atoms. The van der Waals surface area contributed by atoms with Gasteiger partial charge in [0.2, 0.25) is 0 Å². The van der Waals surface area contributed by atoms with Crippen molar-refractivity contribution in [1.29, 1.82) is 0 Å². The van der Waals surface area contributed by atoms with Crippen LogP contribution in [0.5, 0.6) is 0 Å². The van der Waals surface area contributed by atoms with Crippen LogP contribution in [0.3, 0.4) is 0 Å². The van der Waals surface area contributed by atoms with Crippen molar-refractivity contribution in [2.45, 2.75) is 53.0 Å². The molecule has 1 atom stereocenters. The minimum absolute atomic E-state index is 0. The predicted octanol–water partition coefficient (Wildman–Crippen LogP) is 4.29. The molecule has 0 aliphatic rings. The molecule has 0 aliphatic carbocycles. The van der Waals surface area contributed by atoms with E-state index in [1.165, 1.54) is 25.7 Å². The normalized spacial score (nSPS) is 12.7. The number of aromatic nitrogens is 1. The molecule has 4 nitrogen and oxygen atoms in total. The zero-order valence-electron chi connectivity index (χ0n) is 14.6. The van der Waals surface area contributed by atoms with Crippen LogP contribution in [0.25, 0.3) is 0 Å². The van der Waals surface area contributed by atoms with E-state index in [1.807, 2.05) is 14.0 Å². The molecule has 128 valence electrons. The second kappa shape index (κ2) is 12.1. The molecule has 0 radical (unpaired) electrons. The minimum Gasteiger partial charge on any atom is -0.356 e. The van der Waals surface area contributed by atoms with Crippen LogP contribution in [0.1, 0.15) is 50.2 Å². The summed E-state index contributed by atoms with van der Waals surface area (Å²) in [4.78, 5) is 11.0. The van der Waals surface area contributed by atoms with Crippen molar-refractivity contribution in [3.8, 4) is 0 Å². The van der Waals surface area contributed by atoms with E-state index in [4.69, 9.17) is 0 Å². The third-order valence-corrected chi connectivity index (χ3v) is 4.55. The van der Waals surface area contributed by atoms with Crippen molar-refractivity contribution in [3.05, 3.63) is 16.1 Å². The molecular weight excluding hydrogens is 407 g/mol. The summed E-state index contributed by atoms with van der Waals surface area (Å²) in [7, 11) is 3.91. The van der Waals surface area contributed by atoms with E-state index < -0.39 is 0 Å². The van der Waals surface area contributed by atoms with E-state index in [0.717, 1.165) is 35.7 Å². The maximum atomic E-state index is 4.51. The van der Waals surface area contributed by atoms with Crippen LogP contribution in [0, 0.1) is 12.8 Å². The number of hydrogen-bond acceptors (Lipinski definition) is 3. The first-order valence-electron chi connectivity index (χ1n) is 7.93. The summed E-state index contributed by atoms with van der Waals surface area (Å²) in [5.41, 5.74) is 1.11. The maximum Gasteiger partial charge on any atom is 0.193 e. The van der Waals surface area contributed by atoms with Crippen molar-refractivity contribution < 1.29 is 0 Å². The van der Waals surface area contributed by atoms with Gasteiger partial charge >= 0.3 is 0 Å². The number of guanidine groups is 1. The second-order valence-corrected chi connectivity index (χ2v) is 6.62. The summed E-state index contributed by atoms with van der Waals surface area (Å²) < 4.78 is 0. The molecule has 0 aromatic carbocycles. The van der Waals surface area contributed by atoms with E-state index in [-0.39, 0.29) is 24.0 Å². The molecule has 1 N–H and O–H groups in total. The monoisotopic (exact) mass is 438 g/mol. The van der Waals surface area contributed by atoms with Gasteiger partial charge in [0.25, 0.3) is 0 Å². The summed E-state index contributed by atoms with van der Waals surface area (Å²) in [5.74, 6) is 1.69. The second-order valence-electron chi connectivity index (χ2n) is 5.56. The number of unbranched alkanes of at least 4 members (excludes halogenated alkanes) is 1. The van der Waals surface area contributed by atoms with Crippen molar-refractivity contribution in [2.75, 3.05) is 20.6 Å². The third kappa shape index (κ3) is 7.76. The van der Waals surface area contributed by atoms with Crippen LogP contribution in [0.4, 0.5) is 0 Å². The largest absolute Gasteiger partial charge is 0.356 e. The summed E-state index contributed by atoms with van der Waals surface area (Å²) in [5, 5.41) is 6.75. The van der Waals surface area contributed by atoms with Gasteiger partial charge in [-0.25, -0.2) is 4.98 Å². The Balaban J connectivity index is 0.00000441. The Morgan fingerprint density at radius 1 is 1.45 bits per heavy atom. The highest BCUT2D eigenvalue weighted by Gasteiger charge is 2.11. The quantitative estimate of drug-likeness (QED) is 0.374. The fourth-order valence-electron chi connectivity index (χ4n) is 2.36. The molecule has 1 heterocycles. The number of rotatable bonds is 8. The Morgan fingerprint density at radius 2 is 2.18 bits per heavy atom. The van der Waals surface area contributed by atoms with Gasteiger partial charge in [-0.15, -0.1) is 35.3 Å². The lowest BCUT2D eigenvalue weighted by atomic mass is 9.99. The average molecular weight is 438 g/mol. The number of nitrogens with one attached hydrogen (secondary N) is 1. The van der Waals surface area contributed by atoms with Crippen molar-refractivity contribution in [2.24, 2.45) is 10.9 Å². The zero-order valence-corrected chi connectivity index (χ0v) is 17.7. The SMILES string of the molecule is CCCCC(CC)CNC(=NC)N(C)Cc1csc(C)n1.I. The highest BCUT2D eigenvalue weighted by Crippen LogP contribution is 2.12. The lowest BCUT2D eigenvalue weighted by molar-refractivity contribution is 0.420. The lowest BCUT2D eigenvalue weighted by Gasteiger charge is -2.23. The van der Waals surface area contributed by atoms with Crippen molar-refractivity contribution in [3.63, 3.8) is 0 Å². The Morgan fingerprint density at radius 3 is 2.68 bits per heavy atom. The van der Waals surface area contributed by atoms with Gasteiger partial charge in [0.05, 0.1) is 17.2 Å². The molecule has 0 saturated carbocycles. The number of thiazole rings is 1. The molecular formula is C16H31IN4S. The molecule has 1 unspecified atom stereocenters. The topological polar surface area (TPSA) is 40.5 Å². The molecule has 1 aromatic heterocycles. The lowest BCUT2D eigenvalue weighted by Crippen LogP contribution is -2.40. The predicted molar refractivity (Wildman–Crippen MR) is 108 cm³/mol. The summed E-state index contributed by atoms with van der Waals surface area (Å²) in [6.45, 7) is 8.37. The molecule has 0 fully saturated rings. The molecule has 0 bridgehead atoms. The zero-order chi connectivity index (χ0) is 15.7. The molecule has 0 aliphatic heterocycles. The fraction of sp³-hybridized carbons (Fsp3) is 0.750. The fourth-order valence-corrected chi connectivity index (χ4v) is 2.97. The number of nitrogens with zero attached hydrogens (tertiary/aromatic N) is 3. The third-order valence-electron chi connectivity index (χ3n) is 3.73. The van der Waals surface area contributed by atoms with Crippen molar-refractivity contribution >= 4 is 41.3 Å². The summed E-state index contributed by atoms with van der Waals surface area (Å²) in [6, 6.07) is 0. The van der Waals surface area contributed by atoms with Gasteiger partial charge in [0.15, 0.2) is 5.96 Å². The van der Waals surface area contributed by atoms with Gasteiger partial charge in [-0.2, -0.15) is 0 Å². The summed E-state index contributed by atoms with van der Waals surface area (Å²) in [6.07, 6.45) is 5.10. The average Bonchev–Trinajstić information content (AvgIpc) is 2.88. The van der Waals surface area contributed by atoms with Gasteiger partial charge in [0, 0.05) is 26.0 Å². The molecule has 22 heavy (non-hydrogen) atoms. The first kappa shape index (κ1) is 21.6. The molecule has 1 rings (SSSR count). The van der Waals surface area contributed by atoms with E-state index in [0.29, 0.717) is 0 Å². The van der Waals surface area contributed by atoms with E-state index in [2.05, 4.69) is 46.5 Å². The van der Waals surface area contributed by atoms with E-state index in [9.17, 15) is 0 Å². The van der Waals surface area contributed by atoms with Gasteiger partial charge < -0.3 is 10.2 Å². The van der Waals surface area contributed by atoms with Gasteiger partial charge in [-0.05, 0) is 19.3 Å². The number of aliphatic imine (C=N–C) groups is 1. The van der Waals surface area contributed by atoms with Crippen LogP contribution in [0.15, 0.2) is 10.4 Å². The van der Waals surface area contributed by atoms with E-state index in [1.54, 1.807) is 11.3 Å². The highest BCUT2D eigenvalue weighted by atomic mass is 127. The minimum atomic E-state index is 0. The van der Waals surface area contributed by atoms with Gasteiger partial charge in [0.1, 0.15) is 0 Å². The summed E-state index contributed by atoms with van der Waals surface area (Å²) >= 11 is 1.70. The van der Waals surface area contributed by atoms with Crippen LogP contribution in [-0.2, 0) is 6.54 Å². The number of halogens is 1. The molecule has 0 saturated heterocycles. The van der Waals surface area contributed by atoms with Crippen molar-refractivity contribution in [1.82, 2.24) is 15.2 Å². The Hall–Kier alpha value is -0.370.